The van der Waals surface area contributed by atoms with Gasteiger partial charge in [0.2, 0.25) is 0 Å². The summed E-state index contributed by atoms with van der Waals surface area (Å²) >= 11 is 0. The molecule has 1 saturated carbocycles. The summed E-state index contributed by atoms with van der Waals surface area (Å²) in [6.45, 7) is 7.52. The van der Waals surface area contributed by atoms with Crippen LogP contribution in [0.4, 0.5) is 0 Å². The number of nitrogens with two attached hydrogens (primary N) is 1. The fraction of sp³-hybridized carbons (Fsp3) is 0.688. The second kappa shape index (κ2) is 6.02. The lowest BCUT2D eigenvalue weighted by Crippen LogP contribution is -2.34. The molecule has 0 radical (unpaired) electrons. The molecule has 0 amide bonds. The van der Waals surface area contributed by atoms with Crippen LogP contribution in [0.1, 0.15) is 51.7 Å². The highest BCUT2D eigenvalue weighted by molar-refractivity contribution is 5.13. The molecule has 2 N–H and O–H groups in total. The fourth-order valence-electron chi connectivity index (χ4n) is 3.44. The first-order chi connectivity index (χ1) is 9.00. The van der Waals surface area contributed by atoms with Crippen molar-refractivity contribution in [2.45, 2.75) is 52.2 Å². The maximum Gasteiger partial charge on any atom is 0.0951 e. The molecule has 1 heterocycles. The number of pyridine rings is 1. The number of rotatable bonds is 4. The molecule has 3 nitrogen and oxygen atoms in total. The Morgan fingerprint density at radius 2 is 2.05 bits per heavy atom. The highest BCUT2D eigenvalue weighted by Gasteiger charge is 2.33. The molecule has 19 heavy (non-hydrogen) atoms. The molecule has 3 atom stereocenters. The van der Waals surface area contributed by atoms with Crippen LogP contribution in [-0.4, -0.2) is 17.6 Å². The molecule has 1 fully saturated rings. The van der Waals surface area contributed by atoms with E-state index in [-0.39, 0.29) is 6.10 Å². The molecule has 1 aliphatic carbocycles. The van der Waals surface area contributed by atoms with Crippen LogP contribution in [0.25, 0.3) is 0 Å². The Morgan fingerprint density at radius 3 is 2.63 bits per heavy atom. The average molecular weight is 262 g/mol. The Hall–Kier alpha value is -0.930. The molecule has 106 valence electrons. The van der Waals surface area contributed by atoms with Gasteiger partial charge in [0.25, 0.3) is 0 Å². The summed E-state index contributed by atoms with van der Waals surface area (Å²) in [5.74, 6) is 0.726. The first-order valence-electron chi connectivity index (χ1n) is 7.25. The zero-order valence-corrected chi connectivity index (χ0v) is 12.3. The molecule has 1 aliphatic rings. The molecular weight excluding hydrogens is 236 g/mol. The molecule has 3 heteroatoms. The van der Waals surface area contributed by atoms with E-state index in [0.717, 1.165) is 24.3 Å². The van der Waals surface area contributed by atoms with Gasteiger partial charge in [0.15, 0.2) is 0 Å². The molecule has 2 rings (SSSR count). The minimum Gasteiger partial charge on any atom is -0.369 e. The summed E-state index contributed by atoms with van der Waals surface area (Å²) in [6, 6.07) is 3.99. The van der Waals surface area contributed by atoms with E-state index in [2.05, 4.69) is 25.8 Å². The van der Waals surface area contributed by atoms with Crippen molar-refractivity contribution >= 4 is 0 Å². The Kier molecular flexibility index (Phi) is 4.58. The minimum atomic E-state index is -0.00546. The largest absolute Gasteiger partial charge is 0.369 e. The fourth-order valence-corrected chi connectivity index (χ4v) is 3.44. The SMILES string of the molecule is CC1CC(OC(CN)c2ccncc2)CC(C)(C)C1. The standard InChI is InChI=1S/C16H26N2O/c1-12-8-14(10-16(2,3)9-12)19-15(11-17)13-4-6-18-7-5-13/h4-7,12,14-15H,8-11,17H2,1-3H3. The summed E-state index contributed by atoms with van der Waals surface area (Å²) in [5, 5.41) is 0. The van der Waals surface area contributed by atoms with E-state index in [1.165, 1.54) is 6.42 Å². The third-order valence-corrected chi connectivity index (χ3v) is 4.00. The number of nitrogens with zero attached hydrogens (tertiary/aromatic N) is 1. The molecule has 0 aromatic carbocycles. The number of hydrogen-bond acceptors (Lipinski definition) is 3. The van der Waals surface area contributed by atoms with Crippen LogP contribution in [0.2, 0.25) is 0 Å². The van der Waals surface area contributed by atoms with E-state index in [9.17, 15) is 0 Å². The Labute approximate surface area is 116 Å². The van der Waals surface area contributed by atoms with Crippen LogP contribution in [0.15, 0.2) is 24.5 Å². The topological polar surface area (TPSA) is 48.1 Å². The Bertz CT molecular complexity index is 391. The van der Waals surface area contributed by atoms with Gasteiger partial charge in [-0.2, -0.15) is 0 Å². The van der Waals surface area contributed by atoms with Gasteiger partial charge >= 0.3 is 0 Å². The molecule has 1 aromatic rings. The lowest BCUT2D eigenvalue weighted by Gasteiger charge is -2.40. The van der Waals surface area contributed by atoms with Crippen molar-refractivity contribution in [1.29, 1.82) is 0 Å². The molecule has 1 aromatic heterocycles. The molecule has 0 bridgehead atoms. The predicted octanol–water partition coefficient (Wildman–Crippen LogP) is 3.31. The summed E-state index contributed by atoms with van der Waals surface area (Å²) in [5.41, 5.74) is 7.39. The third kappa shape index (κ3) is 4.02. The molecule has 0 spiro atoms. The van der Waals surface area contributed by atoms with Gasteiger partial charge in [-0.3, -0.25) is 4.98 Å². The van der Waals surface area contributed by atoms with E-state index in [4.69, 9.17) is 10.5 Å². The van der Waals surface area contributed by atoms with Gasteiger partial charge in [-0.1, -0.05) is 20.8 Å². The lowest BCUT2D eigenvalue weighted by atomic mass is 9.71. The van der Waals surface area contributed by atoms with E-state index in [0.29, 0.717) is 18.1 Å². The van der Waals surface area contributed by atoms with E-state index >= 15 is 0 Å². The number of ether oxygens (including phenoxy) is 1. The smallest absolute Gasteiger partial charge is 0.0951 e. The van der Waals surface area contributed by atoms with Crippen LogP contribution >= 0.6 is 0 Å². The maximum absolute atomic E-state index is 6.28. The van der Waals surface area contributed by atoms with Gasteiger partial charge in [0, 0.05) is 18.9 Å². The normalized spacial score (nSPS) is 28.0. The van der Waals surface area contributed by atoms with Crippen molar-refractivity contribution in [3.05, 3.63) is 30.1 Å². The van der Waals surface area contributed by atoms with Crippen LogP contribution in [0.3, 0.4) is 0 Å². The van der Waals surface area contributed by atoms with Gasteiger partial charge < -0.3 is 10.5 Å². The van der Waals surface area contributed by atoms with Gasteiger partial charge in [0.05, 0.1) is 12.2 Å². The Balaban J connectivity index is 2.02. The van der Waals surface area contributed by atoms with E-state index in [1.807, 2.05) is 12.1 Å². The first-order valence-corrected chi connectivity index (χ1v) is 7.25. The highest BCUT2D eigenvalue weighted by Crippen LogP contribution is 2.40. The minimum absolute atomic E-state index is 0.00546. The Morgan fingerprint density at radius 1 is 1.37 bits per heavy atom. The van der Waals surface area contributed by atoms with Crippen LogP contribution < -0.4 is 5.73 Å². The summed E-state index contributed by atoms with van der Waals surface area (Å²) < 4.78 is 6.28. The summed E-state index contributed by atoms with van der Waals surface area (Å²) in [6.07, 6.45) is 7.47. The predicted molar refractivity (Wildman–Crippen MR) is 77.7 cm³/mol. The maximum atomic E-state index is 6.28. The van der Waals surface area contributed by atoms with Crippen molar-refractivity contribution < 1.29 is 4.74 Å². The molecular formula is C16H26N2O. The summed E-state index contributed by atoms with van der Waals surface area (Å²) in [4.78, 5) is 4.05. The monoisotopic (exact) mass is 262 g/mol. The molecule has 0 aliphatic heterocycles. The average Bonchev–Trinajstić information content (AvgIpc) is 2.34. The third-order valence-electron chi connectivity index (χ3n) is 4.00. The van der Waals surface area contributed by atoms with Crippen LogP contribution in [0.5, 0.6) is 0 Å². The van der Waals surface area contributed by atoms with Gasteiger partial charge in [0.1, 0.15) is 0 Å². The van der Waals surface area contributed by atoms with Crippen molar-refractivity contribution in [3.63, 3.8) is 0 Å². The number of hydrogen-bond donors (Lipinski definition) is 1. The van der Waals surface area contributed by atoms with Gasteiger partial charge in [-0.15, -0.1) is 0 Å². The quantitative estimate of drug-likeness (QED) is 0.905. The first kappa shape index (κ1) is 14.5. The van der Waals surface area contributed by atoms with Crippen molar-refractivity contribution in [2.24, 2.45) is 17.1 Å². The summed E-state index contributed by atoms with van der Waals surface area (Å²) in [7, 11) is 0. The second-order valence-electron chi connectivity index (χ2n) is 6.68. The van der Waals surface area contributed by atoms with Gasteiger partial charge in [-0.05, 0) is 48.3 Å². The molecule has 0 saturated heterocycles. The van der Waals surface area contributed by atoms with Crippen LogP contribution in [-0.2, 0) is 4.74 Å². The lowest BCUT2D eigenvalue weighted by molar-refractivity contribution is -0.0635. The highest BCUT2D eigenvalue weighted by atomic mass is 16.5. The van der Waals surface area contributed by atoms with Crippen LogP contribution in [0, 0.1) is 11.3 Å². The zero-order chi connectivity index (χ0) is 13.9. The van der Waals surface area contributed by atoms with Gasteiger partial charge in [-0.25, -0.2) is 0 Å². The van der Waals surface area contributed by atoms with Crippen molar-refractivity contribution in [1.82, 2.24) is 4.98 Å². The zero-order valence-electron chi connectivity index (χ0n) is 12.3. The second-order valence-corrected chi connectivity index (χ2v) is 6.68. The van der Waals surface area contributed by atoms with Crippen molar-refractivity contribution in [2.75, 3.05) is 6.54 Å². The van der Waals surface area contributed by atoms with E-state index < -0.39 is 0 Å². The van der Waals surface area contributed by atoms with E-state index in [1.54, 1.807) is 12.4 Å². The number of aromatic nitrogens is 1. The van der Waals surface area contributed by atoms with Crippen molar-refractivity contribution in [3.8, 4) is 0 Å². The molecule has 3 unspecified atom stereocenters.